The number of carboxylic acids is 1. The van der Waals surface area contributed by atoms with Gasteiger partial charge in [-0.2, -0.15) is 0 Å². The number of aromatic nitrogens is 2. The molecule has 1 aromatic heterocycles. The van der Waals surface area contributed by atoms with Crippen molar-refractivity contribution in [3.05, 3.63) is 29.1 Å². The summed E-state index contributed by atoms with van der Waals surface area (Å²) in [6, 6.07) is 3.70. The first-order valence-electron chi connectivity index (χ1n) is 6.49. The lowest BCUT2D eigenvalue weighted by Gasteiger charge is -2.11. The molecule has 0 saturated carbocycles. The predicted molar refractivity (Wildman–Crippen MR) is 80.1 cm³/mol. The van der Waals surface area contributed by atoms with Crippen LogP contribution in [0.25, 0.3) is 11.0 Å². The second-order valence-corrected chi connectivity index (χ2v) is 7.71. The molecule has 1 heterocycles. The van der Waals surface area contributed by atoms with Gasteiger partial charge in [-0.05, 0) is 44.0 Å². The Morgan fingerprint density at radius 2 is 1.90 bits per heavy atom. The molecule has 0 spiro atoms. The van der Waals surface area contributed by atoms with Crippen LogP contribution >= 0.6 is 0 Å². The van der Waals surface area contributed by atoms with Crippen LogP contribution in [0.1, 0.15) is 29.1 Å². The van der Waals surface area contributed by atoms with Crippen LogP contribution in [0.3, 0.4) is 0 Å². The van der Waals surface area contributed by atoms with Crippen molar-refractivity contribution in [1.82, 2.24) is 9.55 Å². The highest BCUT2D eigenvalue weighted by Crippen LogP contribution is 2.27. The summed E-state index contributed by atoms with van der Waals surface area (Å²) in [6.07, 6.45) is 1.12. The molecular formula is C14H18N2O4S. The predicted octanol–water partition coefficient (Wildman–Crippen LogP) is 1.84. The summed E-state index contributed by atoms with van der Waals surface area (Å²) in [6.45, 7) is 5.07. The van der Waals surface area contributed by atoms with E-state index in [4.69, 9.17) is 5.11 Å². The fraction of sp³-hybridized carbons (Fsp3) is 0.429. The van der Waals surface area contributed by atoms with Gasteiger partial charge in [-0.25, -0.2) is 13.4 Å². The highest BCUT2D eigenvalue weighted by molar-refractivity contribution is 7.90. The first-order chi connectivity index (χ1) is 9.61. The molecule has 0 aliphatic carbocycles. The minimum atomic E-state index is -3.36. The van der Waals surface area contributed by atoms with E-state index in [1.807, 2.05) is 26.0 Å². The van der Waals surface area contributed by atoms with Gasteiger partial charge in [-0.15, -0.1) is 0 Å². The minimum Gasteiger partial charge on any atom is -0.480 e. The highest BCUT2D eigenvalue weighted by Gasteiger charge is 2.25. The zero-order chi connectivity index (χ0) is 15.9. The van der Waals surface area contributed by atoms with Crippen molar-refractivity contribution in [1.29, 1.82) is 0 Å². The maximum atomic E-state index is 11.8. The van der Waals surface area contributed by atoms with E-state index in [1.54, 1.807) is 0 Å². The molecule has 0 fully saturated rings. The second-order valence-electron chi connectivity index (χ2n) is 5.35. The van der Waals surface area contributed by atoms with E-state index in [2.05, 4.69) is 4.98 Å². The van der Waals surface area contributed by atoms with Gasteiger partial charge in [0.15, 0.2) is 9.84 Å². The zero-order valence-electron chi connectivity index (χ0n) is 12.4. The molecule has 7 heteroatoms. The van der Waals surface area contributed by atoms with Gasteiger partial charge >= 0.3 is 5.97 Å². The van der Waals surface area contributed by atoms with Gasteiger partial charge in [-0.1, -0.05) is 0 Å². The number of aliphatic carboxylic acids is 1. The van der Waals surface area contributed by atoms with Crippen molar-refractivity contribution < 1.29 is 18.3 Å². The fourth-order valence-electron chi connectivity index (χ4n) is 2.20. The fourth-order valence-corrected chi connectivity index (χ4v) is 2.76. The van der Waals surface area contributed by atoms with Crippen molar-refractivity contribution in [3.63, 3.8) is 0 Å². The number of carboxylic acid groups (broad SMARTS) is 1. The quantitative estimate of drug-likeness (QED) is 0.930. The van der Waals surface area contributed by atoms with Gasteiger partial charge in [0.05, 0.1) is 11.0 Å². The molecule has 1 N–H and O–H groups in total. The number of imidazole rings is 1. The van der Waals surface area contributed by atoms with Crippen LogP contribution in [0.2, 0.25) is 0 Å². The Hall–Kier alpha value is -1.89. The first kappa shape index (κ1) is 15.5. The third kappa shape index (κ3) is 2.92. The third-order valence-corrected chi connectivity index (χ3v) is 5.19. The van der Waals surface area contributed by atoms with Gasteiger partial charge in [0, 0.05) is 6.26 Å². The van der Waals surface area contributed by atoms with Crippen LogP contribution in [-0.2, 0) is 21.2 Å². The molecule has 2 rings (SSSR count). The number of sulfone groups is 1. The van der Waals surface area contributed by atoms with Crippen molar-refractivity contribution in [2.75, 3.05) is 6.26 Å². The minimum absolute atomic E-state index is 0.264. The van der Waals surface area contributed by atoms with Crippen LogP contribution in [0.5, 0.6) is 0 Å². The van der Waals surface area contributed by atoms with Crippen molar-refractivity contribution in [2.24, 2.45) is 0 Å². The molecule has 2 aromatic rings. The molecule has 0 radical (unpaired) electrons. The molecule has 0 aliphatic heterocycles. The molecule has 1 atom stereocenters. The van der Waals surface area contributed by atoms with E-state index in [9.17, 15) is 13.2 Å². The summed E-state index contributed by atoms with van der Waals surface area (Å²) in [5.74, 6) is -0.769. The van der Waals surface area contributed by atoms with E-state index in [1.165, 1.54) is 11.5 Å². The maximum Gasteiger partial charge on any atom is 0.323 e. The number of hydrogen-bond acceptors (Lipinski definition) is 4. The van der Waals surface area contributed by atoms with Gasteiger partial charge in [0.25, 0.3) is 0 Å². The van der Waals surface area contributed by atoms with Crippen molar-refractivity contribution in [2.45, 2.75) is 32.6 Å². The second kappa shape index (κ2) is 5.14. The summed E-state index contributed by atoms with van der Waals surface area (Å²) in [5.41, 5.74) is 3.30. The number of fused-ring (bicyclic) bond motifs is 1. The summed E-state index contributed by atoms with van der Waals surface area (Å²) >= 11 is 0. The van der Waals surface area contributed by atoms with Gasteiger partial charge in [-0.3, -0.25) is 4.79 Å². The normalized spacial score (nSPS) is 13.5. The largest absolute Gasteiger partial charge is 0.480 e. The topological polar surface area (TPSA) is 89.3 Å². The molecule has 114 valence electrons. The highest BCUT2D eigenvalue weighted by atomic mass is 32.2. The van der Waals surface area contributed by atoms with E-state index >= 15 is 0 Å². The number of benzene rings is 1. The molecule has 6 nitrogen and oxygen atoms in total. The molecule has 0 bridgehead atoms. The van der Waals surface area contributed by atoms with Crippen LogP contribution < -0.4 is 0 Å². The Morgan fingerprint density at radius 1 is 1.33 bits per heavy atom. The number of nitrogens with zero attached hydrogens (tertiary/aromatic N) is 2. The lowest BCUT2D eigenvalue weighted by atomic mass is 10.1. The number of carbonyl (C=O) groups is 1. The molecule has 1 unspecified atom stereocenters. The summed E-state index contributed by atoms with van der Waals surface area (Å²) < 4.78 is 25.0. The summed E-state index contributed by atoms with van der Waals surface area (Å²) in [7, 11) is -3.36. The maximum absolute atomic E-state index is 11.8. The van der Waals surface area contributed by atoms with Crippen LogP contribution in [0.4, 0.5) is 0 Å². The smallest absolute Gasteiger partial charge is 0.323 e. The Kier molecular flexibility index (Phi) is 3.79. The van der Waals surface area contributed by atoms with Crippen LogP contribution in [0, 0.1) is 13.8 Å². The monoisotopic (exact) mass is 310 g/mol. The molecule has 21 heavy (non-hydrogen) atoms. The van der Waals surface area contributed by atoms with Gasteiger partial charge in [0.2, 0.25) is 0 Å². The SMILES string of the molecule is Cc1cc2nc(C(C)S(C)(=O)=O)n(CC(=O)O)c2cc1C. The number of aryl methyl sites for hydroxylation is 2. The Bertz CT molecular complexity index is 821. The van der Waals surface area contributed by atoms with E-state index in [0.717, 1.165) is 17.4 Å². The number of hydrogen-bond donors (Lipinski definition) is 1. The lowest BCUT2D eigenvalue weighted by molar-refractivity contribution is -0.137. The Labute approximate surface area is 123 Å². The average Bonchev–Trinajstić information content (AvgIpc) is 2.65. The molecule has 0 aliphatic rings. The van der Waals surface area contributed by atoms with Crippen LogP contribution in [-0.4, -0.2) is 35.3 Å². The molecule has 0 saturated heterocycles. The van der Waals surface area contributed by atoms with Crippen molar-refractivity contribution in [3.8, 4) is 0 Å². The van der Waals surface area contributed by atoms with E-state index in [0.29, 0.717) is 11.0 Å². The first-order valence-corrected chi connectivity index (χ1v) is 8.44. The summed E-state index contributed by atoms with van der Waals surface area (Å²) in [5, 5.41) is 8.22. The average molecular weight is 310 g/mol. The molecule has 0 amide bonds. The van der Waals surface area contributed by atoms with Crippen LogP contribution in [0.15, 0.2) is 12.1 Å². The summed E-state index contributed by atoms with van der Waals surface area (Å²) in [4.78, 5) is 15.4. The van der Waals surface area contributed by atoms with Crippen molar-refractivity contribution >= 4 is 26.8 Å². The Balaban J connectivity index is 2.77. The van der Waals surface area contributed by atoms with E-state index < -0.39 is 21.1 Å². The number of rotatable bonds is 4. The molecular weight excluding hydrogens is 292 g/mol. The van der Waals surface area contributed by atoms with E-state index in [-0.39, 0.29) is 12.4 Å². The third-order valence-electron chi connectivity index (χ3n) is 3.69. The zero-order valence-corrected chi connectivity index (χ0v) is 13.2. The standard InChI is InChI=1S/C14H18N2O4S/c1-8-5-11-12(6-9(8)2)16(7-13(17)18)14(15-11)10(3)21(4,19)20/h5-6,10H,7H2,1-4H3,(H,17,18). The molecule has 1 aromatic carbocycles. The van der Waals surface area contributed by atoms with Gasteiger partial charge < -0.3 is 9.67 Å². The lowest BCUT2D eigenvalue weighted by Crippen LogP contribution is -2.17. The Morgan fingerprint density at radius 3 is 2.43 bits per heavy atom. The van der Waals surface area contributed by atoms with Gasteiger partial charge in [0.1, 0.15) is 17.6 Å².